The Morgan fingerprint density at radius 3 is 2.47 bits per heavy atom. The highest BCUT2D eigenvalue weighted by Crippen LogP contribution is 2.15. The summed E-state index contributed by atoms with van der Waals surface area (Å²) in [5.41, 5.74) is 2.43. The third-order valence-corrected chi connectivity index (χ3v) is 2.87. The summed E-state index contributed by atoms with van der Waals surface area (Å²) in [7, 11) is 3.67. The summed E-state index contributed by atoms with van der Waals surface area (Å²) in [6.07, 6.45) is 0. The Kier molecular flexibility index (Phi) is 4.16. The zero-order valence-electron chi connectivity index (χ0n) is 11.2. The Balaban J connectivity index is 2.17. The lowest BCUT2D eigenvalue weighted by Gasteiger charge is -2.17. The van der Waals surface area contributed by atoms with E-state index in [1.807, 2.05) is 11.9 Å². The standard InChI is InChI=1S/C13H16ClN5/c1-9-4-6-10(7-5-9)8-19(3)13-17-11(14)16-12(15-2)18-13/h4-7H,8H2,1-3H3,(H,15,16,17,18). The Hall–Kier alpha value is -1.88. The molecule has 0 spiro atoms. The predicted octanol–water partition coefficient (Wildman–Crippen LogP) is 2.51. The van der Waals surface area contributed by atoms with Crippen molar-refractivity contribution in [1.82, 2.24) is 15.0 Å². The van der Waals surface area contributed by atoms with E-state index in [9.17, 15) is 0 Å². The first-order chi connectivity index (χ1) is 9.08. The molecule has 0 saturated carbocycles. The normalized spacial score (nSPS) is 10.3. The minimum absolute atomic E-state index is 0.185. The lowest BCUT2D eigenvalue weighted by Crippen LogP contribution is -2.20. The van der Waals surface area contributed by atoms with Crippen LogP contribution in [-0.2, 0) is 6.54 Å². The highest BCUT2D eigenvalue weighted by molar-refractivity contribution is 6.28. The number of nitrogens with one attached hydrogen (secondary N) is 1. The van der Waals surface area contributed by atoms with Crippen LogP contribution in [0, 0.1) is 6.92 Å². The molecular formula is C13H16ClN5. The van der Waals surface area contributed by atoms with Crippen molar-refractivity contribution in [3.05, 3.63) is 40.7 Å². The van der Waals surface area contributed by atoms with Gasteiger partial charge in [-0.3, -0.25) is 0 Å². The van der Waals surface area contributed by atoms with E-state index in [0.29, 0.717) is 18.4 Å². The number of anilines is 2. The molecule has 0 bridgehead atoms. The number of rotatable bonds is 4. The van der Waals surface area contributed by atoms with Gasteiger partial charge in [0.1, 0.15) is 0 Å². The molecule has 0 radical (unpaired) electrons. The highest BCUT2D eigenvalue weighted by atomic mass is 35.5. The van der Waals surface area contributed by atoms with Crippen LogP contribution in [0.2, 0.25) is 5.28 Å². The quantitative estimate of drug-likeness (QED) is 0.931. The summed E-state index contributed by atoms with van der Waals surface area (Å²) in [6.45, 7) is 2.78. The van der Waals surface area contributed by atoms with Crippen LogP contribution in [-0.4, -0.2) is 29.0 Å². The number of aryl methyl sites for hydroxylation is 1. The molecule has 0 atom stereocenters. The SMILES string of the molecule is CNc1nc(Cl)nc(N(C)Cc2ccc(C)cc2)n1. The number of hydrogen-bond donors (Lipinski definition) is 1. The molecule has 2 rings (SSSR count). The fourth-order valence-electron chi connectivity index (χ4n) is 1.66. The van der Waals surface area contributed by atoms with E-state index >= 15 is 0 Å². The van der Waals surface area contributed by atoms with Crippen molar-refractivity contribution in [2.45, 2.75) is 13.5 Å². The van der Waals surface area contributed by atoms with Gasteiger partial charge in [-0.1, -0.05) is 29.8 Å². The minimum Gasteiger partial charge on any atom is -0.357 e. The summed E-state index contributed by atoms with van der Waals surface area (Å²) in [5, 5.41) is 3.05. The molecule has 1 aromatic heterocycles. The number of benzene rings is 1. The second-order valence-electron chi connectivity index (χ2n) is 4.32. The summed E-state index contributed by atoms with van der Waals surface area (Å²) < 4.78 is 0. The average Bonchev–Trinajstić information content (AvgIpc) is 2.40. The maximum atomic E-state index is 5.87. The smallest absolute Gasteiger partial charge is 0.231 e. The van der Waals surface area contributed by atoms with Crippen molar-refractivity contribution in [3.63, 3.8) is 0 Å². The van der Waals surface area contributed by atoms with Crippen molar-refractivity contribution in [2.24, 2.45) is 0 Å². The van der Waals surface area contributed by atoms with E-state index in [2.05, 4.69) is 51.5 Å². The second kappa shape index (κ2) is 5.84. The van der Waals surface area contributed by atoms with Crippen molar-refractivity contribution in [3.8, 4) is 0 Å². The number of halogens is 1. The molecule has 6 heteroatoms. The molecule has 1 aromatic carbocycles. The van der Waals surface area contributed by atoms with Gasteiger partial charge in [-0.25, -0.2) is 0 Å². The van der Waals surface area contributed by atoms with Gasteiger partial charge in [0.2, 0.25) is 17.2 Å². The Bertz CT molecular complexity index is 555. The van der Waals surface area contributed by atoms with Gasteiger partial charge in [0.25, 0.3) is 0 Å². The molecule has 100 valence electrons. The molecule has 0 aliphatic heterocycles. The molecule has 0 saturated heterocycles. The van der Waals surface area contributed by atoms with Gasteiger partial charge in [0.15, 0.2) is 0 Å². The van der Waals surface area contributed by atoms with Gasteiger partial charge < -0.3 is 10.2 Å². The van der Waals surface area contributed by atoms with Gasteiger partial charge in [-0.2, -0.15) is 15.0 Å². The molecular weight excluding hydrogens is 262 g/mol. The van der Waals surface area contributed by atoms with Crippen molar-refractivity contribution < 1.29 is 0 Å². The third kappa shape index (κ3) is 3.54. The van der Waals surface area contributed by atoms with Gasteiger partial charge in [-0.05, 0) is 24.1 Å². The van der Waals surface area contributed by atoms with Crippen LogP contribution in [0.15, 0.2) is 24.3 Å². The molecule has 0 amide bonds. The lowest BCUT2D eigenvalue weighted by atomic mass is 10.1. The molecule has 5 nitrogen and oxygen atoms in total. The van der Waals surface area contributed by atoms with E-state index in [4.69, 9.17) is 11.6 Å². The van der Waals surface area contributed by atoms with Crippen LogP contribution in [0.1, 0.15) is 11.1 Å². The van der Waals surface area contributed by atoms with Gasteiger partial charge in [-0.15, -0.1) is 0 Å². The van der Waals surface area contributed by atoms with Crippen LogP contribution in [0.25, 0.3) is 0 Å². The fraction of sp³-hybridized carbons (Fsp3) is 0.308. The lowest BCUT2D eigenvalue weighted by molar-refractivity contribution is 0.854. The van der Waals surface area contributed by atoms with Gasteiger partial charge in [0.05, 0.1) is 0 Å². The molecule has 19 heavy (non-hydrogen) atoms. The summed E-state index contributed by atoms with van der Waals surface area (Å²) in [5.74, 6) is 1.01. The number of aromatic nitrogens is 3. The van der Waals surface area contributed by atoms with Crippen LogP contribution in [0.3, 0.4) is 0 Å². The molecule has 1 heterocycles. The first-order valence-electron chi connectivity index (χ1n) is 5.94. The molecule has 2 aromatic rings. The highest BCUT2D eigenvalue weighted by Gasteiger charge is 2.09. The Morgan fingerprint density at radius 1 is 1.16 bits per heavy atom. The number of hydrogen-bond acceptors (Lipinski definition) is 5. The van der Waals surface area contributed by atoms with E-state index in [-0.39, 0.29) is 5.28 Å². The topological polar surface area (TPSA) is 53.9 Å². The third-order valence-electron chi connectivity index (χ3n) is 2.70. The van der Waals surface area contributed by atoms with Crippen LogP contribution < -0.4 is 10.2 Å². The zero-order valence-corrected chi connectivity index (χ0v) is 11.9. The molecule has 0 unspecified atom stereocenters. The molecule has 1 N–H and O–H groups in total. The Labute approximate surface area is 117 Å². The fourth-order valence-corrected chi connectivity index (χ4v) is 1.82. The minimum atomic E-state index is 0.185. The van der Waals surface area contributed by atoms with Gasteiger partial charge >= 0.3 is 0 Å². The monoisotopic (exact) mass is 277 g/mol. The first kappa shape index (κ1) is 13.5. The van der Waals surface area contributed by atoms with E-state index in [1.165, 1.54) is 11.1 Å². The number of nitrogens with zero attached hydrogens (tertiary/aromatic N) is 4. The maximum absolute atomic E-state index is 5.87. The molecule has 0 aliphatic carbocycles. The first-order valence-corrected chi connectivity index (χ1v) is 6.32. The average molecular weight is 278 g/mol. The van der Waals surface area contributed by atoms with Gasteiger partial charge in [0, 0.05) is 20.6 Å². The predicted molar refractivity (Wildman–Crippen MR) is 77.7 cm³/mol. The van der Waals surface area contributed by atoms with Crippen LogP contribution in [0.4, 0.5) is 11.9 Å². The molecule has 0 fully saturated rings. The maximum Gasteiger partial charge on any atom is 0.231 e. The van der Waals surface area contributed by atoms with Crippen LogP contribution in [0.5, 0.6) is 0 Å². The van der Waals surface area contributed by atoms with E-state index in [0.717, 1.165) is 0 Å². The largest absolute Gasteiger partial charge is 0.357 e. The molecule has 0 aliphatic rings. The summed E-state index contributed by atoms with van der Waals surface area (Å²) in [4.78, 5) is 14.3. The van der Waals surface area contributed by atoms with Crippen molar-refractivity contribution >= 4 is 23.5 Å². The Morgan fingerprint density at radius 2 is 1.84 bits per heavy atom. The van der Waals surface area contributed by atoms with E-state index < -0.39 is 0 Å². The summed E-state index contributed by atoms with van der Waals surface area (Å²) in [6, 6.07) is 8.35. The van der Waals surface area contributed by atoms with Crippen LogP contribution >= 0.6 is 11.6 Å². The van der Waals surface area contributed by atoms with Crippen molar-refractivity contribution in [2.75, 3.05) is 24.3 Å². The zero-order chi connectivity index (χ0) is 13.8. The summed E-state index contributed by atoms with van der Waals surface area (Å²) >= 11 is 5.87. The van der Waals surface area contributed by atoms with Crippen molar-refractivity contribution in [1.29, 1.82) is 0 Å². The van der Waals surface area contributed by atoms with E-state index in [1.54, 1.807) is 7.05 Å². The second-order valence-corrected chi connectivity index (χ2v) is 4.66.